The van der Waals surface area contributed by atoms with Crippen molar-refractivity contribution in [1.29, 1.82) is 0 Å². The Hall–Kier alpha value is -1.54. The van der Waals surface area contributed by atoms with Crippen molar-refractivity contribution in [1.82, 2.24) is 10.6 Å². The van der Waals surface area contributed by atoms with E-state index in [4.69, 9.17) is 26.2 Å². The third-order valence-electron chi connectivity index (χ3n) is 2.67. The molecule has 2 amide bonds. The first-order valence-corrected chi connectivity index (χ1v) is 8.63. The van der Waals surface area contributed by atoms with Crippen LogP contribution in [-0.4, -0.2) is 87.0 Å². The van der Waals surface area contributed by atoms with Crippen LogP contribution in [0.3, 0.4) is 0 Å². The predicted octanol–water partition coefficient (Wildman–Crippen LogP) is -2.94. The van der Waals surface area contributed by atoms with Crippen LogP contribution in [-0.2, 0) is 19.2 Å². The van der Waals surface area contributed by atoms with Gasteiger partial charge in [0.05, 0.1) is 12.7 Å². The lowest BCUT2D eigenvalue weighted by Crippen LogP contribution is -2.49. The molecule has 0 spiro atoms. The van der Waals surface area contributed by atoms with Crippen LogP contribution < -0.4 is 16.4 Å². The fourth-order valence-electron chi connectivity index (χ4n) is 1.21. The number of carbonyl (C=O) groups is 4. The van der Waals surface area contributed by atoms with Gasteiger partial charge >= 0.3 is 11.9 Å². The summed E-state index contributed by atoms with van der Waals surface area (Å²) in [6.07, 6.45) is -0.880. The van der Waals surface area contributed by atoms with E-state index < -0.39 is 48.5 Å². The highest BCUT2D eigenvalue weighted by Crippen LogP contribution is 1.97. The molecule has 11 nitrogen and oxygen atoms in total. The first kappa shape index (κ1) is 26.7. The molecule has 8 N–H and O–H groups in total. The van der Waals surface area contributed by atoms with Crippen LogP contribution in [0.1, 0.15) is 12.8 Å². The number of carboxylic acid groups (broad SMARTS) is 2. The van der Waals surface area contributed by atoms with Crippen LogP contribution in [0.5, 0.6) is 0 Å². The Balaban J connectivity index is 0. The minimum Gasteiger partial charge on any atom is -0.480 e. The molecule has 0 aliphatic rings. The van der Waals surface area contributed by atoms with Crippen LogP contribution in [0.2, 0.25) is 0 Å². The van der Waals surface area contributed by atoms with Crippen molar-refractivity contribution in [2.45, 2.75) is 31.0 Å². The maximum absolute atomic E-state index is 11.5. The highest BCUT2D eigenvalue weighted by Gasteiger charge is 2.20. The molecule has 0 aliphatic heterocycles. The van der Waals surface area contributed by atoms with Gasteiger partial charge in [0.2, 0.25) is 11.8 Å². The molecule has 0 aliphatic carbocycles. The number of aliphatic carboxylic acids is 2. The smallest absolute Gasteiger partial charge is 0.322 e. The third kappa shape index (κ3) is 14.8. The number of aliphatic hydroxyl groups excluding tert-OH is 2. The van der Waals surface area contributed by atoms with Crippen molar-refractivity contribution in [2.24, 2.45) is 5.73 Å². The predicted molar refractivity (Wildman–Crippen MR) is 98.2 cm³/mol. The first-order chi connectivity index (χ1) is 12.1. The summed E-state index contributed by atoms with van der Waals surface area (Å²) < 4.78 is 0. The number of thiol groups is 2. The molecule has 0 saturated carbocycles. The second kappa shape index (κ2) is 15.7. The van der Waals surface area contributed by atoms with E-state index in [-0.39, 0.29) is 25.2 Å². The number of aliphatic hydroxyl groups is 2. The maximum atomic E-state index is 11.5. The zero-order valence-corrected chi connectivity index (χ0v) is 15.7. The zero-order chi connectivity index (χ0) is 20.7. The minimum absolute atomic E-state index is 0.0256. The fourth-order valence-corrected chi connectivity index (χ4v) is 1.59. The standard InChI is InChI=1S/C10H17N3O6S.C3H8O2S/c11-5(10(18)19)1-2-7(14)13-6(4-20)9(17)12-3-8(15)16;4-1-3(5)2-6/h5-6,20H,1-4,11H2,(H,12,17)(H,13,14)(H,15,16)(H,18,19);3-6H,1-2H2/t5-,6-;/m0./s1. The van der Waals surface area contributed by atoms with E-state index in [9.17, 15) is 19.2 Å². The Kier molecular flexibility index (Phi) is 16.1. The molecule has 1 unspecified atom stereocenters. The number of hydrogen-bond acceptors (Lipinski definition) is 9. The van der Waals surface area contributed by atoms with Gasteiger partial charge in [0.1, 0.15) is 18.6 Å². The first-order valence-electron chi connectivity index (χ1n) is 7.36. The number of rotatable bonds is 11. The number of nitrogens with two attached hydrogens (primary N) is 1. The van der Waals surface area contributed by atoms with Crippen LogP contribution in [0.4, 0.5) is 0 Å². The summed E-state index contributed by atoms with van der Waals surface area (Å²) in [5, 5.41) is 37.7. The molecule has 26 heavy (non-hydrogen) atoms. The number of carboxylic acids is 2. The summed E-state index contributed by atoms with van der Waals surface area (Å²) in [5.74, 6) is -3.37. The molecule has 0 aromatic rings. The molecular weight excluding hydrogens is 390 g/mol. The highest BCUT2D eigenvalue weighted by molar-refractivity contribution is 7.80. The quantitative estimate of drug-likeness (QED) is 0.158. The summed E-state index contributed by atoms with van der Waals surface area (Å²) in [7, 11) is 0. The molecule has 0 fully saturated rings. The van der Waals surface area contributed by atoms with Gasteiger partial charge in [-0.15, -0.1) is 0 Å². The van der Waals surface area contributed by atoms with E-state index in [0.29, 0.717) is 5.75 Å². The van der Waals surface area contributed by atoms with Gasteiger partial charge in [-0.2, -0.15) is 25.3 Å². The maximum Gasteiger partial charge on any atom is 0.322 e. The Morgan fingerprint density at radius 1 is 1.08 bits per heavy atom. The average Bonchev–Trinajstić information content (AvgIpc) is 2.61. The van der Waals surface area contributed by atoms with E-state index >= 15 is 0 Å². The van der Waals surface area contributed by atoms with Crippen molar-refractivity contribution < 1.29 is 39.6 Å². The van der Waals surface area contributed by atoms with Crippen molar-refractivity contribution >= 4 is 49.0 Å². The molecule has 0 aromatic heterocycles. The van der Waals surface area contributed by atoms with Gasteiger partial charge in [-0.25, -0.2) is 0 Å². The number of amides is 2. The molecule has 0 rings (SSSR count). The largest absolute Gasteiger partial charge is 0.480 e. The summed E-state index contributed by atoms with van der Waals surface area (Å²) in [6, 6.07) is -2.15. The van der Waals surface area contributed by atoms with Gasteiger partial charge in [0.15, 0.2) is 0 Å². The van der Waals surface area contributed by atoms with E-state index in [2.05, 4.69) is 35.9 Å². The summed E-state index contributed by atoms with van der Waals surface area (Å²) >= 11 is 7.56. The van der Waals surface area contributed by atoms with Crippen molar-refractivity contribution in [2.75, 3.05) is 24.7 Å². The van der Waals surface area contributed by atoms with Crippen LogP contribution in [0.25, 0.3) is 0 Å². The molecule has 0 radical (unpaired) electrons. The molecule has 152 valence electrons. The highest BCUT2D eigenvalue weighted by atomic mass is 32.1. The number of carbonyl (C=O) groups excluding carboxylic acids is 2. The Morgan fingerprint density at radius 2 is 1.65 bits per heavy atom. The second-order valence-corrected chi connectivity index (χ2v) is 5.65. The van der Waals surface area contributed by atoms with Gasteiger partial charge in [-0.3, -0.25) is 19.2 Å². The van der Waals surface area contributed by atoms with Crippen molar-refractivity contribution in [3.05, 3.63) is 0 Å². The zero-order valence-electron chi connectivity index (χ0n) is 13.9. The molecule has 13 heteroatoms. The number of nitrogens with one attached hydrogen (secondary N) is 2. The summed E-state index contributed by atoms with van der Waals surface area (Å²) in [5.41, 5.74) is 5.23. The van der Waals surface area contributed by atoms with Gasteiger partial charge in [-0.05, 0) is 6.42 Å². The molecule has 0 bridgehead atoms. The molecule has 0 aromatic carbocycles. The van der Waals surface area contributed by atoms with E-state index in [1.54, 1.807) is 0 Å². The van der Waals surface area contributed by atoms with Crippen LogP contribution in [0.15, 0.2) is 0 Å². The average molecular weight is 415 g/mol. The molecule has 3 atom stereocenters. The lowest BCUT2D eigenvalue weighted by Gasteiger charge is -2.16. The SMILES string of the molecule is N[C@@H](CCC(=O)N[C@@H](CS)C(=O)NCC(=O)O)C(=O)O.OCC(O)CS. The summed E-state index contributed by atoms with van der Waals surface area (Å²) in [4.78, 5) is 43.7. The van der Waals surface area contributed by atoms with E-state index in [1.807, 2.05) is 0 Å². The van der Waals surface area contributed by atoms with Gasteiger partial charge < -0.3 is 36.8 Å². The van der Waals surface area contributed by atoms with Crippen LogP contribution in [0, 0.1) is 0 Å². The van der Waals surface area contributed by atoms with Gasteiger partial charge in [0, 0.05) is 17.9 Å². The monoisotopic (exact) mass is 415 g/mol. The van der Waals surface area contributed by atoms with Crippen LogP contribution >= 0.6 is 25.3 Å². The van der Waals surface area contributed by atoms with E-state index in [0.717, 1.165) is 0 Å². The molecule has 0 heterocycles. The lowest BCUT2D eigenvalue weighted by atomic mass is 10.1. The second-order valence-electron chi connectivity index (χ2n) is 4.92. The third-order valence-corrected chi connectivity index (χ3v) is 3.46. The Labute approximate surface area is 161 Å². The number of hydrogen-bond donors (Lipinski definition) is 9. The van der Waals surface area contributed by atoms with Gasteiger partial charge in [-0.1, -0.05) is 0 Å². The minimum atomic E-state index is -1.22. The topological polar surface area (TPSA) is 199 Å². The van der Waals surface area contributed by atoms with Gasteiger partial charge in [0.25, 0.3) is 0 Å². The summed E-state index contributed by atoms with van der Waals surface area (Å²) in [6.45, 7) is -0.758. The lowest BCUT2D eigenvalue weighted by molar-refractivity contribution is -0.139. The fraction of sp³-hybridized carbons (Fsp3) is 0.692. The molecular formula is C13H25N3O8S2. The van der Waals surface area contributed by atoms with Crippen molar-refractivity contribution in [3.8, 4) is 0 Å². The Morgan fingerprint density at radius 3 is 2.00 bits per heavy atom. The van der Waals surface area contributed by atoms with Crippen molar-refractivity contribution in [3.63, 3.8) is 0 Å². The van der Waals surface area contributed by atoms with E-state index in [1.165, 1.54) is 0 Å². The molecule has 0 saturated heterocycles. The Bertz CT molecular complexity index is 463. The normalized spacial score (nSPS) is 13.4.